The summed E-state index contributed by atoms with van der Waals surface area (Å²) in [5.41, 5.74) is 2.26. The fourth-order valence-electron chi connectivity index (χ4n) is 0.642. The molecule has 0 heterocycles. The normalized spacial score (nSPS) is 12.5. The molecule has 1 nitrogen and oxygen atoms in total. The summed E-state index contributed by atoms with van der Waals surface area (Å²) in [4.78, 5) is 4.31. The van der Waals surface area contributed by atoms with Crippen LogP contribution in [-0.2, 0) is 0 Å². The number of aliphatic imine (C=N–C) groups is 1. The first-order chi connectivity index (χ1) is 5.20. The molecule has 0 aromatic carbocycles. The van der Waals surface area contributed by atoms with Crippen molar-refractivity contribution in [3.8, 4) is 0 Å². The Kier molecular flexibility index (Phi) is 5.44. The molecule has 0 aliphatic carbocycles. The van der Waals surface area contributed by atoms with Crippen LogP contribution in [0.15, 0.2) is 29.3 Å². The van der Waals surface area contributed by atoms with Gasteiger partial charge >= 0.3 is 0 Å². The molecule has 0 rings (SSSR count). The van der Waals surface area contributed by atoms with E-state index in [-0.39, 0.29) is 0 Å². The zero-order valence-corrected chi connectivity index (χ0v) is 7.72. The molecule has 0 spiro atoms. The molecule has 0 unspecified atom stereocenters. The second kappa shape index (κ2) is 5.90. The lowest BCUT2D eigenvalue weighted by atomic mass is 10.2. The number of nitrogens with zero attached hydrogens (tertiary/aromatic N) is 1. The van der Waals surface area contributed by atoms with Crippen molar-refractivity contribution in [1.82, 2.24) is 0 Å². The molecule has 0 aromatic rings. The van der Waals surface area contributed by atoms with Crippen LogP contribution in [0.2, 0.25) is 0 Å². The SMILES string of the molecule is C=C(CC)CN=C(C)/C=C\C. The highest BCUT2D eigenvalue weighted by Gasteiger charge is 1.87. The van der Waals surface area contributed by atoms with Crippen molar-refractivity contribution < 1.29 is 0 Å². The monoisotopic (exact) mass is 151 g/mol. The Morgan fingerprint density at radius 1 is 1.55 bits per heavy atom. The Labute approximate surface area is 69.5 Å². The molecule has 11 heavy (non-hydrogen) atoms. The van der Waals surface area contributed by atoms with Gasteiger partial charge in [-0.05, 0) is 26.3 Å². The maximum atomic E-state index is 4.31. The third-order valence-electron chi connectivity index (χ3n) is 1.46. The van der Waals surface area contributed by atoms with Gasteiger partial charge in [0, 0.05) is 5.71 Å². The van der Waals surface area contributed by atoms with Gasteiger partial charge in [-0.2, -0.15) is 0 Å². The molecule has 0 amide bonds. The molecule has 1 heteroatoms. The predicted octanol–water partition coefficient (Wildman–Crippen LogP) is 2.99. The van der Waals surface area contributed by atoms with Crippen LogP contribution in [0.4, 0.5) is 0 Å². The summed E-state index contributed by atoms with van der Waals surface area (Å²) in [6.07, 6.45) is 5.02. The van der Waals surface area contributed by atoms with Crippen molar-refractivity contribution in [1.29, 1.82) is 0 Å². The van der Waals surface area contributed by atoms with E-state index in [0.29, 0.717) is 0 Å². The first kappa shape index (κ1) is 10.2. The molecule has 0 bridgehead atoms. The average molecular weight is 151 g/mol. The van der Waals surface area contributed by atoms with Crippen LogP contribution in [0.5, 0.6) is 0 Å². The van der Waals surface area contributed by atoms with E-state index in [2.05, 4.69) is 18.5 Å². The average Bonchev–Trinajstić information content (AvgIpc) is 2.01. The van der Waals surface area contributed by atoms with E-state index >= 15 is 0 Å². The Bertz CT molecular complexity index is 175. The van der Waals surface area contributed by atoms with E-state index in [1.54, 1.807) is 0 Å². The van der Waals surface area contributed by atoms with E-state index in [1.807, 2.05) is 26.0 Å². The molecular weight excluding hydrogens is 134 g/mol. The zero-order chi connectivity index (χ0) is 8.69. The molecule has 0 aliphatic heterocycles. The van der Waals surface area contributed by atoms with E-state index in [4.69, 9.17) is 0 Å². The second-order valence-electron chi connectivity index (χ2n) is 2.56. The minimum absolute atomic E-state index is 0.771. The first-order valence-corrected chi connectivity index (χ1v) is 4.01. The van der Waals surface area contributed by atoms with E-state index in [9.17, 15) is 0 Å². The maximum absolute atomic E-state index is 4.31. The fourth-order valence-corrected chi connectivity index (χ4v) is 0.642. The van der Waals surface area contributed by atoms with Crippen molar-refractivity contribution in [2.45, 2.75) is 27.2 Å². The van der Waals surface area contributed by atoms with Crippen LogP contribution in [0.3, 0.4) is 0 Å². The summed E-state index contributed by atoms with van der Waals surface area (Å²) in [7, 11) is 0. The predicted molar refractivity (Wildman–Crippen MR) is 52.2 cm³/mol. The topological polar surface area (TPSA) is 12.4 Å². The lowest BCUT2D eigenvalue weighted by molar-refractivity contribution is 1.02. The van der Waals surface area contributed by atoms with Gasteiger partial charge in [0.2, 0.25) is 0 Å². The Morgan fingerprint density at radius 3 is 2.64 bits per heavy atom. The Balaban J connectivity index is 3.82. The maximum Gasteiger partial charge on any atom is 0.0600 e. The highest BCUT2D eigenvalue weighted by Crippen LogP contribution is 1.96. The summed E-state index contributed by atoms with van der Waals surface area (Å²) in [5.74, 6) is 0. The van der Waals surface area contributed by atoms with E-state index in [0.717, 1.165) is 18.7 Å². The highest BCUT2D eigenvalue weighted by atomic mass is 14.7. The third-order valence-corrected chi connectivity index (χ3v) is 1.46. The van der Waals surface area contributed by atoms with Crippen LogP contribution in [-0.4, -0.2) is 12.3 Å². The van der Waals surface area contributed by atoms with Crippen LogP contribution >= 0.6 is 0 Å². The summed E-state index contributed by atoms with van der Waals surface area (Å²) < 4.78 is 0. The van der Waals surface area contributed by atoms with Gasteiger partial charge < -0.3 is 0 Å². The van der Waals surface area contributed by atoms with Crippen molar-refractivity contribution >= 4 is 5.71 Å². The first-order valence-electron chi connectivity index (χ1n) is 4.01. The molecule has 0 saturated carbocycles. The molecular formula is C10H17N. The van der Waals surface area contributed by atoms with Gasteiger partial charge in [0.05, 0.1) is 6.54 Å². The number of rotatable bonds is 4. The van der Waals surface area contributed by atoms with Crippen LogP contribution in [0.1, 0.15) is 27.2 Å². The van der Waals surface area contributed by atoms with Crippen molar-refractivity contribution in [3.05, 3.63) is 24.3 Å². The molecule has 0 saturated heterocycles. The highest BCUT2D eigenvalue weighted by molar-refractivity contribution is 5.92. The lowest BCUT2D eigenvalue weighted by Gasteiger charge is -1.96. The molecule has 0 aromatic heterocycles. The summed E-state index contributed by atoms with van der Waals surface area (Å²) >= 11 is 0. The third kappa shape index (κ3) is 5.59. The van der Waals surface area contributed by atoms with Gasteiger partial charge in [-0.15, -0.1) is 0 Å². The minimum atomic E-state index is 0.771. The van der Waals surface area contributed by atoms with Gasteiger partial charge in [-0.1, -0.05) is 25.2 Å². The summed E-state index contributed by atoms with van der Waals surface area (Å²) in [5, 5.41) is 0. The van der Waals surface area contributed by atoms with Gasteiger partial charge in [-0.25, -0.2) is 0 Å². The molecule has 62 valence electrons. The standard InChI is InChI=1S/C10H17N/c1-5-7-10(4)11-8-9(3)6-2/h5,7H,3,6,8H2,1-2,4H3/b7-5-,11-10?. The second-order valence-corrected chi connectivity index (χ2v) is 2.56. The largest absolute Gasteiger partial charge is 0.286 e. The lowest BCUT2D eigenvalue weighted by Crippen LogP contribution is -1.90. The van der Waals surface area contributed by atoms with E-state index < -0.39 is 0 Å². The van der Waals surface area contributed by atoms with Crippen molar-refractivity contribution in [3.63, 3.8) is 0 Å². The Morgan fingerprint density at radius 2 is 2.18 bits per heavy atom. The summed E-state index contributed by atoms with van der Waals surface area (Å²) in [6, 6.07) is 0. The molecule has 0 N–H and O–H groups in total. The van der Waals surface area contributed by atoms with Crippen molar-refractivity contribution in [2.24, 2.45) is 4.99 Å². The number of allylic oxidation sites excluding steroid dienone is 2. The van der Waals surface area contributed by atoms with Crippen LogP contribution in [0, 0.1) is 0 Å². The zero-order valence-electron chi connectivity index (χ0n) is 7.72. The summed E-state index contributed by atoms with van der Waals surface area (Å²) in [6.45, 7) is 10.7. The number of hydrogen-bond acceptors (Lipinski definition) is 1. The smallest absolute Gasteiger partial charge is 0.0600 e. The quantitative estimate of drug-likeness (QED) is 0.432. The molecule has 0 aliphatic rings. The van der Waals surface area contributed by atoms with E-state index in [1.165, 1.54) is 5.57 Å². The number of hydrogen-bond donors (Lipinski definition) is 0. The van der Waals surface area contributed by atoms with Crippen molar-refractivity contribution in [2.75, 3.05) is 6.54 Å². The van der Waals surface area contributed by atoms with Gasteiger partial charge in [0.1, 0.15) is 0 Å². The van der Waals surface area contributed by atoms with Gasteiger partial charge in [-0.3, -0.25) is 4.99 Å². The van der Waals surface area contributed by atoms with Gasteiger partial charge in [0.15, 0.2) is 0 Å². The molecule has 0 radical (unpaired) electrons. The molecule has 0 atom stereocenters. The minimum Gasteiger partial charge on any atom is -0.286 e. The van der Waals surface area contributed by atoms with Crippen LogP contribution < -0.4 is 0 Å². The van der Waals surface area contributed by atoms with Crippen LogP contribution in [0.25, 0.3) is 0 Å². The Hall–Kier alpha value is -0.850. The van der Waals surface area contributed by atoms with Gasteiger partial charge in [0.25, 0.3) is 0 Å². The fraction of sp³-hybridized carbons (Fsp3) is 0.500. The molecule has 0 fully saturated rings.